The van der Waals surface area contributed by atoms with Gasteiger partial charge in [0.25, 0.3) is 0 Å². The van der Waals surface area contributed by atoms with Gasteiger partial charge in [-0.05, 0) is 0 Å². The van der Waals surface area contributed by atoms with Gasteiger partial charge in [0.15, 0.2) is 0 Å². The van der Waals surface area contributed by atoms with E-state index in [0.29, 0.717) is 0 Å². The Labute approximate surface area is 89.9 Å². The minimum absolute atomic E-state index is 0.666. The zero-order valence-electron chi connectivity index (χ0n) is 7.53. The molecule has 0 bridgehead atoms. The largest absolute Gasteiger partial charge is 0.480 e. The number of carbonyl (C=O) groups is 3. The van der Waals surface area contributed by atoms with Crippen LogP contribution < -0.4 is 0 Å². The minimum Gasteiger partial charge on any atom is -0.480 e. The van der Waals surface area contributed by atoms with E-state index >= 15 is 0 Å². The average molecular weight is 255 g/mol. The van der Waals surface area contributed by atoms with E-state index in [1.54, 1.807) is 0 Å². The summed E-state index contributed by atoms with van der Waals surface area (Å²) in [7, 11) is 3.76. The van der Waals surface area contributed by atoms with Gasteiger partial charge in [0.05, 0.1) is 6.54 Å². The zero-order valence-corrected chi connectivity index (χ0v) is 9.84. The lowest BCUT2D eigenvalue weighted by Crippen LogP contribution is -2.47. The highest BCUT2D eigenvalue weighted by Crippen LogP contribution is 2.17. The van der Waals surface area contributed by atoms with Crippen molar-refractivity contribution < 1.29 is 29.7 Å². The van der Waals surface area contributed by atoms with Gasteiger partial charge in [-0.15, -0.1) is 18.5 Å². The summed E-state index contributed by atoms with van der Waals surface area (Å²) >= 11 is 0. The molecule has 0 aliphatic carbocycles. The first kappa shape index (κ1) is 14.2. The molecule has 0 aliphatic rings. The van der Waals surface area contributed by atoms with Gasteiger partial charge in [0.2, 0.25) is 0 Å². The first-order valence-electron chi connectivity index (χ1n) is 3.71. The van der Waals surface area contributed by atoms with Crippen LogP contribution in [0.1, 0.15) is 0 Å². The fourth-order valence-electron chi connectivity index (χ4n) is 0.810. The Morgan fingerprint density at radius 1 is 1.00 bits per heavy atom. The Kier molecular flexibility index (Phi) is 5.65. The molecule has 15 heavy (non-hydrogen) atoms. The smallest absolute Gasteiger partial charge is 0.324 e. The minimum atomic E-state index is -1.31. The zero-order chi connectivity index (χ0) is 12.2. The molecule has 86 valence electrons. The first-order valence-corrected chi connectivity index (χ1v) is 5.05. The maximum absolute atomic E-state index is 10.6. The Morgan fingerprint density at radius 2 is 1.33 bits per heavy atom. The third kappa shape index (κ3) is 4.51. The molecule has 0 saturated carbocycles. The molecule has 0 radical (unpaired) electrons. The maximum atomic E-state index is 10.6. The van der Waals surface area contributed by atoms with E-state index in [-0.39, 0.29) is 0 Å². The second kappa shape index (κ2) is 5.95. The van der Waals surface area contributed by atoms with Crippen molar-refractivity contribution in [3.8, 4) is 0 Å². The van der Waals surface area contributed by atoms with Crippen molar-refractivity contribution in [1.29, 1.82) is 0 Å². The molecular formula is C6H11NO6P2. The van der Waals surface area contributed by atoms with E-state index in [9.17, 15) is 14.4 Å². The molecule has 9 heteroatoms. The molecule has 0 aromatic rings. The molecule has 0 heterocycles. The molecule has 7 nitrogen and oxygen atoms in total. The average Bonchev–Trinajstić information content (AvgIpc) is 2.11. The van der Waals surface area contributed by atoms with E-state index in [4.69, 9.17) is 15.3 Å². The highest BCUT2D eigenvalue weighted by atomic mass is 31.0. The Bertz CT molecular complexity index is 263. The molecule has 4 unspecified atom stereocenters. The molecule has 0 saturated heterocycles. The highest BCUT2D eigenvalue weighted by Gasteiger charge is 2.31. The van der Waals surface area contributed by atoms with E-state index in [2.05, 4.69) is 0 Å². The summed E-state index contributed by atoms with van der Waals surface area (Å²) < 4.78 is 0. The molecular weight excluding hydrogens is 244 g/mol. The highest BCUT2D eigenvalue weighted by molar-refractivity contribution is 7.20. The van der Waals surface area contributed by atoms with Crippen LogP contribution in [0.15, 0.2) is 0 Å². The van der Waals surface area contributed by atoms with Crippen molar-refractivity contribution >= 4 is 36.4 Å². The lowest BCUT2D eigenvalue weighted by molar-refractivity contribution is -0.147. The lowest BCUT2D eigenvalue weighted by Gasteiger charge is -2.27. The standard InChI is InChI=1S/C6H11NO6P2/c8-2(9)1-7(3(14)5(10)11)4(15)6(12)13/h3-4H,1,14-15H2,(H,8,9)(H,10,11)(H,12,13). The van der Waals surface area contributed by atoms with Crippen LogP contribution in [-0.2, 0) is 14.4 Å². The molecule has 3 N–H and O–H groups in total. The summed E-state index contributed by atoms with van der Waals surface area (Å²) in [6.45, 7) is -0.666. The van der Waals surface area contributed by atoms with Gasteiger partial charge >= 0.3 is 17.9 Å². The number of carboxylic acid groups (broad SMARTS) is 3. The SMILES string of the molecule is O=C(O)CN(C(P)C(=O)O)C(P)C(=O)O. The quantitative estimate of drug-likeness (QED) is 0.518. The van der Waals surface area contributed by atoms with Crippen molar-refractivity contribution in [1.82, 2.24) is 4.90 Å². The fraction of sp³-hybridized carbons (Fsp3) is 0.500. The van der Waals surface area contributed by atoms with E-state index < -0.39 is 36.0 Å². The van der Waals surface area contributed by atoms with Crippen LogP contribution in [0.25, 0.3) is 0 Å². The summed E-state index contributed by atoms with van der Waals surface area (Å²) in [4.78, 5) is 32.4. The number of rotatable bonds is 6. The van der Waals surface area contributed by atoms with Gasteiger partial charge in [-0.25, -0.2) is 0 Å². The van der Waals surface area contributed by atoms with Crippen molar-refractivity contribution in [3.63, 3.8) is 0 Å². The molecule has 0 rings (SSSR count). The molecule has 0 aliphatic heterocycles. The van der Waals surface area contributed by atoms with Gasteiger partial charge in [0.1, 0.15) is 11.6 Å². The van der Waals surface area contributed by atoms with Crippen molar-refractivity contribution in [3.05, 3.63) is 0 Å². The van der Waals surface area contributed by atoms with Crippen LogP contribution in [-0.4, -0.2) is 56.2 Å². The summed E-state index contributed by atoms with van der Waals surface area (Å²) in [5.41, 5.74) is 0. The predicted molar refractivity (Wildman–Crippen MR) is 56.6 cm³/mol. The lowest BCUT2D eigenvalue weighted by atomic mass is 10.4. The Hall–Kier alpha value is -0.770. The summed E-state index contributed by atoms with van der Waals surface area (Å²) in [5, 5.41) is 25.8. The number of hydrogen-bond donors (Lipinski definition) is 3. The van der Waals surface area contributed by atoms with Gasteiger partial charge in [-0.2, -0.15) is 0 Å². The van der Waals surface area contributed by atoms with Gasteiger partial charge in [0, 0.05) is 0 Å². The van der Waals surface area contributed by atoms with Gasteiger partial charge in [-0.1, -0.05) is 0 Å². The topological polar surface area (TPSA) is 115 Å². The number of hydrogen-bond acceptors (Lipinski definition) is 4. The second-order valence-electron chi connectivity index (χ2n) is 2.63. The van der Waals surface area contributed by atoms with Crippen LogP contribution >= 0.6 is 18.5 Å². The molecule has 0 amide bonds. The molecule has 0 aromatic carbocycles. The van der Waals surface area contributed by atoms with Gasteiger partial charge in [-0.3, -0.25) is 19.3 Å². The molecule has 0 spiro atoms. The Morgan fingerprint density at radius 3 is 1.53 bits per heavy atom. The Balaban J connectivity index is 4.79. The van der Waals surface area contributed by atoms with Crippen LogP contribution in [0.3, 0.4) is 0 Å². The monoisotopic (exact) mass is 255 g/mol. The number of nitrogens with zero attached hydrogens (tertiary/aromatic N) is 1. The van der Waals surface area contributed by atoms with Crippen molar-refractivity contribution in [2.24, 2.45) is 0 Å². The van der Waals surface area contributed by atoms with Crippen LogP contribution in [0, 0.1) is 0 Å². The molecule has 0 aromatic heterocycles. The van der Waals surface area contributed by atoms with Crippen LogP contribution in [0.4, 0.5) is 0 Å². The van der Waals surface area contributed by atoms with Crippen molar-refractivity contribution in [2.45, 2.75) is 11.6 Å². The van der Waals surface area contributed by atoms with E-state index in [1.165, 1.54) is 0 Å². The van der Waals surface area contributed by atoms with Crippen LogP contribution in [0.2, 0.25) is 0 Å². The van der Waals surface area contributed by atoms with E-state index in [1.807, 2.05) is 18.5 Å². The summed E-state index contributed by atoms with van der Waals surface area (Å²) in [6, 6.07) is 0. The first-order chi connectivity index (χ1) is 6.77. The third-order valence-electron chi connectivity index (χ3n) is 1.54. The van der Waals surface area contributed by atoms with Crippen LogP contribution in [0.5, 0.6) is 0 Å². The van der Waals surface area contributed by atoms with Gasteiger partial charge < -0.3 is 15.3 Å². The predicted octanol–water partition coefficient (Wildman–Crippen LogP) is -1.06. The third-order valence-corrected chi connectivity index (χ3v) is 2.87. The second-order valence-corrected chi connectivity index (χ2v) is 3.90. The maximum Gasteiger partial charge on any atom is 0.324 e. The number of carboxylic acids is 3. The molecule has 0 fully saturated rings. The van der Waals surface area contributed by atoms with Crippen molar-refractivity contribution in [2.75, 3.05) is 6.54 Å². The number of aliphatic carboxylic acids is 3. The summed E-state index contributed by atoms with van der Waals surface area (Å²) in [6.07, 6.45) is 0. The molecule has 4 atom stereocenters. The summed E-state index contributed by atoms with van der Waals surface area (Å²) in [5.74, 6) is -6.44. The normalized spacial score (nSPS) is 14.6. The van der Waals surface area contributed by atoms with E-state index in [0.717, 1.165) is 4.90 Å². The fourth-order valence-corrected chi connectivity index (χ4v) is 1.59.